The Hall–Kier alpha value is -1.22. The van der Waals surface area contributed by atoms with Crippen LogP contribution in [0.15, 0.2) is 0 Å². The molecule has 2 N–H and O–H groups in total. The summed E-state index contributed by atoms with van der Waals surface area (Å²) in [5, 5.41) is 23.1. The van der Waals surface area contributed by atoms with Crippen LogP contribution in [-0.2, 0) is 19.1 Å². The molecule has 0 saturated carbocycles. The molecule has 1 aliphatic heterocycles. The van der Waals surface area contributed by atoms with E-state index in [-0.39, 0.29) is 29.9 Å². The molecule has 0 aromatic rings. The molecule has 0 spiro atoms. The maximum Gasteiger partial charge on any atom is 0.310 e. The van der Waals surface area contributed by atoms with Gasteiger partial charge in [0.25, 0.3) is 0 Å². The van der Waals surface area contributed by atoms with E-state index in [9.17, 15) is 20.0 Å². The predicted octanol–water partition coefficient (Wildman–Crippen LogP) is 6.37. The van der Waals surface area contributed by atoms with Gasteiger partial charge in [0.1, 0.15) is 6.10 Å². The number of nitrogens with zero attached hydrogens (tertiary/aromatic N) is 2. The van der Waals surface area contributed by atoms with Crippen LogP contribution in [0.4, 0.5) is 0 Å². The summed E-state index contributed by atoms with van der Waals surface area (Å²) in [5.74, 6) is -0.952. The fraction of sp³-hybridized carbons (Fsp3) is 0.931. The summed E-state index contributed by atoms with van der Waals surface area (Å²) in [4.78, 5) is 25.4. The molecule has 0 amide bonds. The van der Waals surface area contributed by atoms with Gasteiger partial charge in [-0.25, -0.2) is 0 Å². The minimum absolute atomic E-state index is 0.0767. The first kappa shape index (κ1) is 33.8. The van der Waals surface area contributed by atoms with Crippen LogP contribution in [0.5, 0.6) is 0 Å². The van der Waals surface area contributed by atoms with Gasteiger partial charge >= 0.3 is 11.9 Å². The average molecular weight is 529 g/mol. The van der Waals surface area contributed by atoms with E-state index in [0.29, 0.717) is 32.4 Å². The molecule has 1 rings (SSSR count). The highest BCUT2D eigenvalue weighted by Crippen LogP contribution is 2.44. The Morgan fingerprint density at radius 3 is 2.14 bits per heavy atom. The Labute approximate surface area is 226 Å². The standard InChI is InChI=1S/C29H56N2O6/c1-10-22(20-27(4,5)30(34)12-3)25(32)37-23(11-2)18-16-14-13-15-17-19-36-26(33)24-21-28(6,7)31(35)29(24,8)9/h22-24,34-35H,10-21H2,1-9H3. The van der Waals surface area contributed by atoms with Crippen LogP contribution >= 0.6 is 0 Å². The molecule has 218 valence electrons. The van der Waals surface area contributed by atoms with E-state index in [0.717, 1.165) is 44.9 Å². The zero-order chi connectivity index (χ0) is 28.4. The number of unbranched alkanes of at least 4 members (excludes halogenated alkanes) is 4. The highest BCUT2D eigenvalue weighted by molar-refractivity contribution is 5.74. The Balaban J connectivity index is 2.29. The van der Waals surface area contributed by atoms with Crippen LogP contribution in [0.1, 0.15) is 127 Å². The lowest BCUT2D eigenvalue weighted by Gasteiger charge is -2.35. The second kappa shape index (κ2) is 14.8. The summed E-state index contributed by atoms with van der Waals surface area (Å²) >= 11 is 0. The molecule has 1 aliphatic rings. The molecule has 1 heterocycles. The van der Waals surface area contributed by atoms with Crippen molar-refractivity contribution in [3.8, 4) is 0 Å². The zero-order valence-corrected chi connectivity index (χ0v) is 25.1. The van der Waals surface area contributed by atoms with Crippen LogP contribution < -0.4 is 0 Å². The molecule has 8 nitrogen and oxygen atoms in total. The van der Waals surface area contributed by atoms with Crippen molar-refractivity contribution in [1.82, 2.24) is 10.1 Å². The third-order valence-corrected chi connectivity index (χ3v) is 8.18. The third kappa shape index (κ3) is 9.79. The Morgan fingerprint density at radius 2 is 1.62 bits per heavy atom. The summed E-state index contributed by atoms with van der Waals surface area (Å²) < 4.78 is 11.4. The van der Waals surface area contributed by atoms with Crippen molar-refractivity contribution in [3.05, 3.63) is 0 Å². The van der Waals surface area contributed by atoms with Gasteiger partial charge < -0.3 is 19.9 Å². The molecule has 8 heteroatoms. The Kier molecular flexibility index (Phi) is 13.5. The lowest BCUT2D eigenvalue weighted by Crippen LogP contribution is -2.48. The third-order valence-electron chi connectivity index (χ3n) is 8.18. The van der Waals surface area contributed by atoms with Crippen LogP contribution in [0.3, 0.4) is 0 Å². The molecule has 0 aromatic heterocycles. The van der Waals surface area contributed by atoms with Gasteiger partial charge in [-0.05, 0) is 86.5 Å². The lowest BCUT2D eigenvalue weighted by atomic mass is 9.87. The van der Waals surface area contributed by atoms with Crippen molar-refractivity contribution in [2.24, 2.45) is 11.8 Å². The monoisotopic (exact) mass is 528 g/mol. The molecule has 1 fully saturated rings. The van der Waals surface area contributed by atoms with E-state index >= 15 is 0 Å². The average Bonchev–Trinajstić information content (AvgIpc) is 3.01. The number of carbonyl (C=O) groups is 2. The van der Waals surface area contributed by atoms with E-state index in [1.54, 1.807) is 0 Å². The number of carbonyl (C=O) groups excluding carboxylic acids is 2. The van der Waals surface area contributed by atoms with Crippen LogP contribution in [0.2, 0.25) is 0 Å². The number of hydrogen-bond donors (Lipinski definition) is 2. The van der Waals surface area contributed by atoms with Crippen molar-refractivity contribution in [1.29, 1.82) is 0 Å². The molecule has 3 unspecified atom stereocenters. The van der Waals surface area contributed by atoms with Gasteiger partial charge in [0, 0.05) is 17.6 Å². The normalized spacial score (nSPS) is 21.1. The molecule has 3 atom stereocenters. The van der Waals surface area contributed by atoms with Crippen molar-refractivity contribution < 1.29 is 29.5 Å². The fourth-order valence-electron chi connectivity index (χ4n) is 5.55. The van der Waals surface area contributed by atoms with Gasteiger partial charge in [-0.3, -0.25) is 9.59 Å². The smallest absolute Gasteiger partial charge is 0.310 e. The van der Waals surface area contributed by atoms with Crippen molar-refractivity contribution in [2.45, 2.75) is 149 Å². The van der Waals surface area contributed by atoms with Gasteiger partial charge in [0.2, 0.25) is 0 Å². The van der Waals surface area contributed by atoms with Gasteiger partial charge in [-0.1, -0.05) is 40.0 Å². The Bertz CT molecular complexity index is 709. The van der Waals surface area contributed by atoms with E-state index < -0.39 is 16.6 Å². The molecule has 37 heavy (non-hydrogen) atoms. The van der Waals surface area contributed by atoms with Gasteiger partial charge in [0.05, 0.1) is 24.0 Å². The van der Waals surface area contributed by atoms with E-state index in [1.807, 2.05) is 62.3 Å². The maximum absolute atomic E-state index is 12.8. The molecule has 0 aliphatic carbocycles. The van der Waals surface area contributed by atoms with Crippen molar-refractivity contribution >= 4 is 11.9 Å². The fourth-order valence-corrected chi connectivity index (χ4v) is 5.55. The first-order chi connectivity index (χ1) is 17.1. The molecule has 1 saturated heterocycles. The number of ether oxygens (including phenoxy) is 2. The number of esters is 2. The first-order valence-electron chi connectivity index (χ1n) is 14.5. The van der Waals surface area contributed by atoms with Crippen molar-refractivity contribution in [3.63, 3.8) is 0 Å². The quantitative estimate of drug-likeness (QED) is 0.128. The maximum atomic E-state index is 12.8. The summed E-state index contributed by atoms with van der Waals surface area (Å²) in [6.45, 7) is 18.4. The largest absolute Gasteiger partial charge is 0.465 e. The van der Waals surface area contributed by atoms with Crippen LogP contribution in [0.25, 0.3) is 0 Å². The highest BCUT2D eigenvalue weighted by Gasteiger charge is 2.54. The minimum atomic E-state index is -0.637. The lowest BCUT2D eigenvalue weighted by molar-refractivity contribution is -0.200. The summed E-state index contributed by atoms with van der Waals surface area (Å²) in [5.41, 5.74) is -1.56. The van der Waals surface area contributed by atoms with Gasteiger partial charge in [0.15, 0.2) is 0 Å². The Morgan fingerprint density at radius 1 is 1.03 bits per heavy atom. The molecular weight excluding hydrogens is 472 g/mol. The topological polar surface area (TPSA) is 99.5 Å². The van der Waals surface area contributed by atoms with E-state index in [4.69, 9.17) is 9.47 Å². The van der Waals surface area contributed by atoms with E-state index in [2.05, 4.69) is 0 Å². The summed E-state index contributed by atoms with van der Waals surface area (Å²) in [6, 6.07) is 0. The highest BCUT2D eigenvalue weighted by atomic mass is 16.5. The second-order valence-corrected chi connectivity index (χ2v) is 12.6. The second-order valence-electron chi connectivity index (χ2n) is 12.6. The minimum Gasteiger partial charge on any atom is -0.465 e. The molecule has 0 radical (unpaired) electrons. The predicted molar refractivity (Wildman–Crippen MR) is 145 cm³/mol. The van der Waals surface area contributed by atoms with E-state index in [1.165, 1.54) is 10.1 Å². The van der Waals surface area contributed by atoms with Crippen LogP contribution in [-0.4, -0.2) is 68.4 Å². The molecule has 0 aromatic carbocycles. The summed E-state index contributed by atoms with van der Waals surface area (Å²) in [7, 11) is 0. The molecular formula is C29H56N2O6. The summed E-state index contributed by atoms with van der Waals surface area (Å²) in [6.07, 6.45) is 8.28. The van der Waals surface area contributed by atoms with Crippen molar-refractivity contribution in [2.75, 3.05) is 13.2 Å². The number of hydroxylamine groups is 4. The van der Waals surface area contributed by atoms with Gasteiger partial charge in [-0.2, -0.15) is 10.1 Å². The first-order valence-corrected chi connectivity index (χ1v) is 14.5. The zero-order valence-electron chi connectivity index (χ0n) is 25.1. The number of hydrogen-bond acceptors (Lipinski definition) is 8. The SMILES string of the molecule is CCC(CCCCCCCOC(=O)C1CC(C)(C)N(O)C1(C)C)OC(=O)C(CC)CC(C)(C)N(O)CC. The van der Waals surface area contributed by atoms with Crippen LogP contribution in [0, 0.1) is 11.8 Å². The van der Waals surface area contributed by atoms with Gasteiger partial charge in [-0.15, -0.1) is 0 Å². The molecule has 0 bridgehead atoms. The number of rotatable bonds is 17.